The monoisotopic (exact) mass is 280 g/mol. The van der Waals surface area contributed by atoms with Gasteiger partial charge in [0.2, 0.25) is 0 Å². The Balaban J connectivity index is 2.03. The summed E-state index contributed by atoms with van der Waals surface area (Å²) >= 11 is 0. The summed E-state index contributed by atoms with van der Waals surface area (Å²) in [4.78, 5) is 12.8. The van der Waals surface area contributed by atoms with Crippen LogP contribution in [0.15, 0.2) is 53.5 Å². The first-order valence-corrected chi connectivity index (χ1v) is 7.24. The Morgan fingerprint density at radius 2 is 2.00 bits per heavy atom. The highest BCUT2D eigenvalue weighted by Gasteiger charge is 2.23. The van der Waals surface area contributed by atoms with Gasteiger partial charge in [0, 0.05) is 6.20 Å². The highest BCUT2D eigenvalue weighted by molar-refractivity contribution is 5.47. The molecule has 0 bridgehead atoms. The van der Waals surface area contributed by atoms with E-state index < -0.39 is 0 Å². The number of fused-ring (bicyclic) bond motifs is 1. The fourth-order valence-electron chi connectivity index (χ4n) is 2.96. The maximum absolute atomic E-state index is 12.8. The van der Waals surface area contributed by atoms with Crippen LogP contribution < -0.4 is 10.9 Å². The van der Waals surface area contributed by atoms with E-state index in [0.29, 0.717) is 5.52 Å². The number of nitrogens with one attached hydrogen (secondary N) is 1. The first-order valence-electron chi connectivity index (χ1n) is 7.24. The van der Waals surface area contributed by atoms with E-state index in [1.165, 1.54) is 0 Å². The zero-order valence-corrected chi connectivity index (χ0v) is 11.6. The molecule has 2 aromatic heterocycles. The molecule has 1 aromatic carbocycles. The van der Waals surface area contributed by atoms with Crippen LogP contribution in [0, 0.1) is 0 Å². The fraction of sp³-hybridized carbons (Fsp3) is 0.250. The van der Waals surface area contributed by atoms with Crippen molar-refractivity contribution in [3.05, 3.63) is 64.8 Å². The summed E-state index contributed by atoms with van der Waals surface area (Å²) in [6.45, 7) is 0.971. The van der Waals surface area contributed by atoms with Crippen molar-refractivity contribution in [2.45, 2.75) is 18.9 Å². The lowest BCUT2D eigenvalue weighted by Crippen LogP contribution is -2.30. The molecule has 0 saturated carbocycles. The number of aromatic nitrogens is 3. The summed E-state index contributed by atoms with van der Waals surface area (Å²) < 4.78 is 3.41. The molecule has 1 aliphatic heterocycles. The SMILES string of the molecule is O=c1c2cccn2nc(C2CCCN2)n1-c1ccccc1. The Morgan fingerprint density at radius 1 is 1.14 bits per heavy atom. The van der Waals surface area contributed by atoms with Crippen molar-refractivity contribution >= 4 is 5.52 Å². The molecule has 1 aliphatic rings. The molecule has 5 nitrogen and oxygen atoms in total. The predicted octanol–water partition coefficient (Wildman–Crippen LogP) is 1.91. The Morgan fingerprint density at radius 3 is 2.76 bits per heavy atom. The number of rotatable bonds is 2. The molecule has 1 atom stereocenters. The largest absolute Gasteiger partial charge is 0.307 e. The second-order valence-corrected chi connectivity index (χ2v) is 5.32. The van der Waals surface area contributed by atoms with Crippen LogP contribution in [-0.2, 0) is 0 Å². The van der Waals surface area contributed by atoms with Gasteiger partial charge in [-0.1, -0.05) is 18.2 Å². The lowest BCUT2D eigenvalue weighted by molar-refractivity contribution is 0.560. The van der Waals surface area contributed by atoms with Crippen LogP contribution in [0.3, 0.4) is 0 Å². The minimum Gasteiger partial charge on any atom is -0.307 e. The van der Waals surface area contributed by atoms with Crippen LogP contribution in [0.5, 0.6) is 0 Å². The second kappa shape index (κ2) is 4.86. The molecule has 0 amide bonds. The Hall–Kier alpha value is -2.40. The number of hydrogen-bond acceptors (Lipinski definition) is 3. The summed E-state index contributed by atoms with van der Waals surface area (Å²) in [5.41, 5.74) is 1.44. The standard InChI is InChI=1S/C16H16N4O/c21-16-14-9-5-11-19(14)18-15(13-8-4-10-17-13)20(16)12-6-2-1-3-7-12/h1-3,5-7,9,11,13,17H,4,8,10H2. The second-order valence-electron chi connectivity index (χ2n) is 5.32. The molecular weight excluding hydrogens is 264 g/mol. The minimum atomic E-state index is -0.0232. The Bertz CT molecular complexity index is 828. The zero-order chi connectivity index (χ0) is 14.2. The van der Waals surface area contributed by atoms with Crippen molar-refractivity contribution in [1.29, 1.82) is 0 Å². The molecule has 0 spiro atoms. The van der Waals surface area contributed by atoms with Gasteiger partial charge in [-0.25, -0.2) is 4.52 Å². The average molecular weight is 280 g/mol. The van der Waals surface area contributed by atoms with E-state index in [9.17, 15) is 4.79 Å². The zero-order valence-electron chi connectivity index (χ0n) is 11.6. The van der Waals surface area contributed by atoms with Crippen LogP contribution in [0.1, 0.15) is 24.7 Å². The van der Waals surface area contributed by atoms with Crippen molar-refractivity contribution in [2.75, 3.05) is 6.54 Å². The van der Waals surface area contributed by atoms with Crippen LogP contribution in [0.4, 0.5) is 0 Å². The van der Waals surface area contributed by atoms with Gasteiger partial charge in [-0.3, -0.25) is 9.36 Å². The molecule has 0 aliphatic carbocycles. The summed E-state index contributed by atoms with van der Waals surface area (Å²) in [6.07, 6.45) is 3.94. The van der Waals surface area contributed by atoms with Crippen LogP contribution in [0.2, 0.25) is 0 Å². The van der Waals surface area contributed by atoms with E-state index in [0.717, 1.165) is 30.9 Å². The van der Waals surface area contributed by atoms with Crippen LogP contribution in [0.25, 0.3) is 11.2 Å². The third-order valence-corrected chi connectivity index (χ3v) is 3.98. The molecule has 0 radical (unpaired) electrons. The molecule has 4 rings (SSSR count). The first-order chi connectivity index (χ1) is 10.3. The maximum atomic E-state index is 12.8. The van der Waals surface area contributed by atoms with E-state index in [1.54, 1.807) is 15.1 Å². The third-order valence-electron chi connectivity index (χ3n) is 3.98. The molecule has 1 fully saturated rings. The Kier molecular flexibility index (Phi) is 2.86. The van der Waals surface area contributed by atoms with E-state index >= 15 is 0 Å². The molecule has 5 heteroatoms. The lowest BCUT2D eigenvalue weighted by Gasteiger charge is -2.17. The van der Waals surface area contributed by atoms with Gasteiger partial charge < -0.3 is 5.32 Å². The molecule has 106 valence electrons. The van der Waals surface area contributed by atoms with E-state index in [4.69, 9.17) is 0 Å². The predicted molar refractivity (Wildman–Crippen MR) is 80.8 cm³/mol. The first kappa shape index (κ1) is 12.3. The number of benzene rings is 1. The highest BCUT2D eigenvalue weighted by atomic mass is 16.1. The Labute approximate surface area is 121 Å². The quantitative estimate of drug-likeness (QED) is 0.780. The molecule has 3 heterocycles. The van der Waals surface area contributed by atoms with Crippen molar-refractivity contribution in [3.63, 3.8) is 0 Å². The molecule has 3 aromatic rings. The molecular formula is C16H16N4O. The highest BCUT2D eigenvalue weighted by Crippen LogP contribution is 2.22. The van der Waals surface area contributed by atoms with Gasteiger partial charge in [0.05, 0.1) is 11.7 Å². The molecule has 21 heavy (non-hydrogen) atoms. The van der Waals surface area contributed by atoms with Crippen molar-refractivity contribution < 1.29 is 0 Å². The van der Waals surface area contributed by atoms with E-state index in [1.807, 2.05) is 42.6 Å². The smallest absolute Gasteiger partial charge is 0.282 e. The third kappa shape index (κ3) is 1.97. The van der Waals surface area contributed by atoms with Crippen molar-refractivity contribution in [2.24, 2.45) is 0 Å². The number of nitrogens with zero attached hydrogens (tertiary/aromatic N) is 3. The van der Waals surface area contributed by atoms with E-state index in [2.05, 4.69) is 10.4 Å². The lowest BCUT2D eigenvalue weighted by atomic mass is 10.2. The summed E-state index contributed by atoms with van der Waals surface area (Å²) in [7, 11) is 0. The van der Waals surface area contributed by atoms with Gasteiger partial charge >= 0.3 is 0 Å². The molecule has 1 unspecified atom stereocenters. The number of hydrogen-bond donors (Lipinski definition) is 1. The normalized spacial score (nSPS) is 18.4. The van der Waals surface area contributed by atoms with Gasteiger partial charge in [-0.05, 0) is 43.7 Å². The van der Waals surface area contributed by atoms with Crippen LogP contribution in [-0.4, -0.2) is 20.7 Å². The average Bonchev–Trinajstić information content (AvgIpc) is 3.19. The summed E-state index contributed by atoms with van der Waals surface area (Å²) in [5, 5.41) is 8.10. The van der Waals surface area contributed by atoms with E-state index in [-0.39, 0.29) is 11.6 Å². The van der Waals surface area contributed by atoms with Crippen LogP contribution >= 0.6 is 0 Å². The molecule has 1 N–H and O–H groups in total. The minimum absolute atomic E-state index is 0.0232. The summed E-state index contributed by atoms with van der Waals surface area (Å²) in [6, 6.07) is 13.5. The maximum Gasteiger partial charge on any atom is 0.282 e. The number of para-hydroxylation sites is 1. The van der Waals surface area contributed by atoms with Gasteiger partial charge in [0.25, 0.3) is 5.56 Å². The van der Waals surface area contributed by atoms with Gasteiger partial charge in [-0.2, -0.15) is 5.10 Å². The van der Waals surface area contributed by atoms with Gasteiger partial charge in [-0.15, -0.1) is 0 Å². The van der Waals surface area contributed by atoms with Crippen molar-refractivity contribution in [3.8, 4) is 5.69 Å². The fourth-order valence-corrected chi connectivity index (χ4v) is 2.96. The molecule has 1 saturated heterocycles. The topological polar surface area (TPSA) is 51.3 Å². The van der Waals surface area contributed by atoms with Gasteiger partial charge in [0.15, 0.2) is 5.82 Å². The summed E-state index contributed by atoms with van der Waals surface area (Å²) in [5.74, 6) is 0.785. The van der Waals surface area contributed by atoms with Crippen molar-refractivity contribution in [1.82, 2.24) is 19.5 Å². The van der Waals surface area contributed by atoms with Gasteiger partial charge in [0.1, 0.15) is 5.52 Å².